The number of rotatable bonds is 0. The number of pyridine rings is 1. The molecule has 2 nitrogen and oxygen atoms in total. The largest absolute Gasteiger partial charge is 0.506 e. The third-order valence-corrected chi connectivity index (χ3v) is 1.00. The molecule has 1 heterocycles. The highest BCUT2D eigenvalue weighted by Gasteiger charge is 1.86. The van der Waals surface area contributed by atoms with E-state index in [0.717, 1.165) is 0 Å². The van der Waals surface area contributed by atoms with E-state index >= 15 is 0 Å². The van der Waals surface area contributed by atoms with E-state index in [1.165, 1.54) is 6.20 Å². The highest BCUT2D eigenvalue weighted by atomic mass is 16.3. The molecule has 0 atom stereocenters. The van der Waals surface area contributed by atoms with Crippen LogP contribution in [0.15, 0.2) is 18.3 Å². The molecule has 0 aliphatic heterocycles. The number of aromatic nitrogens is 1. The van der Waals surface area contributed by atoms with Gasteiger partial charge in [-0.25, -0.2) is 4.98 Å². The fourth-order valence-corrected chi connectivity index (χ4v) is 0.588. The Morgan fingerprint density at radius 1 is 1.50 bits per heavy atom. The molecule has 0 unspecified atom stereocenters. The van der Waals surface area contributed by atoms with Crippen molar-refractivity contribution in [3.63, 3.8) is 0 Å². The Hall–Kier alpha value is -1.49. The Balaban J connectivity index is 2.97. The molecule has 2 heteroatoms. The van der Waals surface area contributed by atoms with Gasteiger partial charge in [-0.2, -0.15) is 0 Å². The number of nitrogens with zero attached hydrogens (tertiary/aromatic N) is 1. The van der Waals surface area contributed by atoms with Gasteiger partial charge in [0, 0.05) is 0 Å². The molecule has 0 aliphatic rings. The lowest BCUT2D eigenvalue weighted by Gasteiger charge is -1.88. The third-order valence-electron chi connectivity index (χ3n) is 1.00. The minimum absolute atomic E-state index is 0.168. The summed E-state index contributed by atoms with van der Waals surface area (Å²) >= 11 is 0. The molecule has 0 aliphatic carbocycles. The van der Waals surface area contributed by atoms with Gasteiger partial charge in [0.25, 0.3) is 0 Å². The van der Waals surface area contributed by atoms with Crippen LogP contribution in [0, 0.1) is 11.8 Å². The van der Waals surface area contributed by atoms with Gasteiger partial charge in [-0.3, -0.25) is 0 Å². The Kier molecular flexibility index (Phi) is 1.91. The zero-order valence-corrected chi connectivity index (χ0v) is 5.63. The molecule has 0 amide bonds. The van der Waals surface area contributed by atoms with E-state index in [-0.39, 0.29) is 5.75 Å². The monoisotopic (exact) mass is 133 g/mol. The van der Waals surface area contributed by atoms with Crippen LogP contribution in [-0.2, 0) is 0 Å². The second kappa shape index (κ2) is 2.88. The van der Waals surface area contributed by atoms with E-state index in [0.29, 0.717) is 5.69 Å². The molecule has 50 valence electrons. The molecule has 1 N–H and O–H groups in total. The summed E-state index contributed by atoms with van der Waals surface area (Å²) in [5.41, 5.74) is 0.681. The molecule has 0 bridgehead atoms. The molecule has 0 radical (unpaired) electrons. The van der Waals surface area contributed by atoms with Crippen molar-refractivity contribution < 1.29 is 5.11 Å². The highest BCUT2D eigenvalue weighted by Crippen LogP contribution is 2.04. The second-order valence-corrected chi connectivity index (χ2v) is 1.78. The van der Waals surface area contributed by atoms with E-state index in [4.69, 9.17) is 5.11 Å². The van der Waals surface area contributed by atoms with E-state index in [1.807, 2.05) is 0 Å². The predicted molar refractivity (Wildman–Crippen MR) is 38.5 cm³/mol. The second-order valence-electron chi connectivity index (χ2n) is 1.78. The maximum Gasteiger partial charge on any atom is 0.133 e. The third kappa shape index (κ3) is 1.49. The van der Waals surface area contributed by atoms with Gasteiger partial charge in [0.1, 0.15) is 11.4 Å². The van der Waals surface area contributed by atoms with E-state index < -0.39 is 0 Å². The molecule has 1 aromatic rings. The van der Waals surface area contributed by atoms with Gasteiger partial charge in [0.15, 0.2) is 0 Å². The summed E-state index contributed by atoms with van der Waals surface area (Å²) in [5, 5.41) is 8.81. The van der Waals surface area contributed by atoms with E-state index in [2.05, 4.69) is 16.8 Å². The molecular weight excluding hydrogens is 126 g/mol. The van der Waals surface area contributed by atoms with Crippen LogP contribution in [0.25, 0.3) is 0 Å². The smallest absolute Gasteiger partial charge is 0.133 e. The zero-order valence-electron chi connectivity index (χ0n) is 5.63. The molecule has 0 spiro atoms. The topological polar surface area (TPSA) is 33.1 Å². The summed E-state index contributed by atoms with van der Waals surface area (Å²) in [6.07, 6.45) is 1.37. The van der Waals surface area contributed by atoms with Crippen LogP contribution < -0.4 is 0 Å². The van der Waals surface area contributed by atoms with Gasteiger partial charge >= 0.3 is 0 Å². The first-order chi connectivity index (χ1) is 4.83. The van der Waals surface area contributed by atoms with Gasteiger partial charge in [-0.1, -0.05) is 5.92 Å². The summed E-state index contributed by atoms with van der Waals surface area (Å²) in [6, 6.07) is 3.23. The average molecular weight is 133 g/mol. The lowest BCUT2D eigenvalue weighted by atomic mass is 10.3. The summed E-state index contributed by atoms with van der Waals surface area (Å²) in [7, 11) is 0. The Labute approximate surface area is 59.5 Å². The van der Waals surface area contributed by atoms with Crippen molar-refractivity contribution in [2.24, 2.45) is 0 Å². The fraction of sp³-hybridized carbons (Fsp3) is 0.125. The maximum atomic E-state index is 8.81. The van der Waals surface area contributed by atoms with Crippen LogP contribution in [0.5, 0.6) is 5.75 Å². The van der Waals surface area contributed by atoms with Crippen molar-refractivity contribution in [3.8, 4) is 17.6 Å². The van der Waals surface area contributed by atoms with Crippen molar-refractivity contribution in [3.05, 3.63) is 24.0 Å². The molecule has 0 saturated carbocycles. The van der Waals surface area contributed by atoms with Crippen molar-refractivity contribution in [2.75, 3.05) is 0 Å². The predicted octanol–water partition coefficient (Wildman–Crippen LogP) is 1.16. The van der Waals surface area contributed by atoms with E-state index in [9.17, 15) is 0 Å². The van der Waals surface area contributed by atoms with Crippen molar-refractivity contribution >= 4 is 0 Å². The van der Waals surface area contributed by atoms with Gasteiger partial charge in [-0.05, 0) is 25.0 Å². The fourth-order valence-electron chi connectivity index (χ4n) is 0.588. The number of aromatic hydroxyl groups is 1. The Morgan fingerprint density at radius 3 is 2.80 bits per heavy atom. The number of hydrogen-bond acceptors (Lipinski definition) is 2. The van der Waals surface area contributed by atoms with Crippen molar-refractivity contribution in [1.29, 1.82) is 0 Å². The zero-order chi connectivity index (χ0) is 7.40. The first-order valence-corrected chi connectivity index (χ1v) is 2.90. The minimum Gasteiger partial charge on any atom is -0.506 e. The van der Waals surface area contributed by atoms with Gasteiger partial charge in [-0.15, -0.1) is 0 Å². The molecule has 0 saturated heterocycles. The normalized spacial score (nSPS) is 8.10. The van der Waals surface area contributed by atoms with Crippen LogP contribution in [0.1, 0.15) is 12.6 Å². The quantitative estimate of drug-likeness (QED) is 0.539. The lowest BCUT2D eigenvalue weighted by molar-refractivity contribution is 0.472. The standard InChI is InChI=1S/C8H7NO/c1-2-3-7-4-5-8(10)6-9-7/h4-6,10H,1H3. The summed E-state index contributed by atoms with van der Waals surface area (Å²) in [4.78, 5) is 3.84. The van der Waals surface area contributed by atoms with Crippen LogP contribution in [-0.4, -0.2) is 10.1 Å². The van der Waals surface area contributed by atoms with Gasteiger partial charge < -0.3 is 5.11 Å². The first kappa shape index (κ1) is 6.63. The summed E-state index contributed by atoms with van der Waals surface area (Å²) in [6.45, 7) is 1.74. The molecule has 10 heavy (non-hydrogen) atoms. The Bertz CT molecular complexity index is 266. The summed E-state index contributed by atoms with van der Waals surface area (Å²) in [5.74, 6) is 5.64. The van der Waals surface area contributed by atoms with Crippen LogP contribution in [0.2, 0.25) is 0 Å². The lowest BCUT2D eigenvalue weighted by Crippen LogP contribution is -1.78. The molecule has 0 fully saturated rings. The average Bonchev–Trinajstić information content (AvgIpc) is 1.95. The first-order valence-electron chi connectivity index (χ1n) is 2.90. The molecular formula is C8H7NO. The molecule has 1 rings (SSSR count). The van der Waals surface area contributed by atoms with Crippen molar-refractivity contribution in [2.45, 2.75) is 6.92 Å². The van der Waals surface area contributed by atoms with E-state index in [1.54, 1.807) is 19.1 Å². The minimum atomic E-state index is 0.168. The Morgan fingerprint density at radius 2 is 2.30 bits per heavy atom. The number of hydrogen-bond donors (Lipinski definition) is 1. The van der Waals surface area contributed by atoms with Gasteiger partial charge in [0.05, 0.1) is 6.20 Å². The van der Waals surface area contributed by atoms with Crippen LogP contribution in [0.3, 0.4) is 0 Å². The maximum absolute atomic E-state index is 8.81. The van der Waals surface area contributed by atoms with Crippen LogP contribution in [0.4, 0.5) is 0 Å². The molecule has 1 aromatic heterocycles. The van der Waals surface area contributed by atoms with Crippen molar-refractivity contribution in [1.82, 2.24) is 4.98 Å². The van der Waals surface area contributed by atoms with Crippen LogP contribution >= 0.6 is 0 Å². The summed E-state index contributed by atoms with van der Waals surface area (Å²) < 4.78 is 0. The van der Waals surface area contributed by atoms with Gasteiger partial charge in [0.2, 0.25) is 0 Å². The SMILES string of the molecule is CC#Cc1ccc(O)cn1. The molecule has 0 aromatic carbocycles. The highest BCUT2D eigenvalue weighted by molar-refractivity contribution is 5.29.